The Morgan fingerprint density at radius 2 is 1.60 bits per heavy atom. The lowest BCUT2D eigenvalue weighted by Crippen LogP contribution is -1.98. The molecule has 0 bridgehead atoms. The highest BCUT2D eigenvalue weighted by atomic mass is 35.5. The van der Waals surface area contributed by atoms with Crippen LogP contribution < -0.4 is 10.5 Å². The van der Waals surface area contributed by atoms with Crippen molar-refractivity contribution in [2.24, 2.45) is 0 Å². The second-order valence-corrected chi connectivity index (χ2v) is 5.81. The third-order valence-corrected chi connectivity index (χ3v) is 3.61. The monoisotopic (exact) mass is 309 g/mol. The van der Waals surface area contributed by atoms with Gasteiger partial charge in [0, 0.05) is 5.69 Å². The number of anilines is 1. The summed E-state index contributed by atoms with van der Waals surface area (Å²) in [7, 11) is 0. The number of ether oxygens (including phenoxy) is 1. The van der Waals surface area contributed by atoms with Crippen molar-refractivity contribution in [3.63, 3.8) is 0 Å². The van der Waals surface area contributed by atoms with Crippen LogP contribution >= 0.6 is 23.2 Å². The van der Waals surface area contributed by atoms with E-state index in [4.69, 9.17) is 33.7 Å². The molecule has 2 aromatic carbocycles. The van der Waals surface area contributed by atoms with Crippen LogP contribution in [0.4, 0.5) is 5.69 Å². The number of rotatable bonds is 4. The normalized spacial score (nSPS) is 10.8. The van der Waals surface area contributed by atoms with Gasteiger partial charge in [-0.15, -0.1) is 0 Å². The van der Waals surface area contributed by atoms with Crippen molar-refractivity contribution in [1.29, 1.82) is 0 Å². The lowest BCUT2D eigenvalue weighted by atomic mass is 10.0. The molecule has 0 heterocycles. The van der Waals surface area contributed by atoms with Gasteiger partial charge >= 0.3 is 0 Å². The van der Waals surface area contributed by atoms with Crippen LogP contribution in [-0.2, 0) is 6.61 Å². The minimum Gasteiger partial charge on any atom is -0.486 e. The Labute approximate surface area is 129 Å². The van der Waals surface area contributed by atoms with Crippen molar-refractivity contribution in [2.75, 3.05) is 5.73 Å². The fourth-order valence-electron chi connectivity index (χ4n) is 1.87. The molecule has 0 aliphatic rings. The van der Waals surface area contributed by atoms with Gasteiger partial charge in [0.25, 0.3) is 0 Å². The smallest absolute Gasteiger partial charge is 0.157 e. The fraction of sp³-hybridized carbons (Fsp3) is 0.250. The number of benzene rings is 2. The second kappa shape index (κ2) is 6.38. The van der Waals surface area contributed by atoms with Crippen molar-refractivity contribution in [1.82, 2.24) is 0 Å². The van der Waals surface area contributed by atoms with E-state index in [1.807, 2.05) is 0 Å². The highest BCUT2D eigenvalue weighted by Gasteiger charge is 2.09. The SMILES string of the molecule is CC(C)c1ccc(COc2c(Cl)cc(N)cc2Cl)cc1. The molecule has 2 N–H and O–H groups in total. The summed E-state index contributed by atoms with van der Waals surface area (Å²) in [4.78, 5) is 0. The van der Waals surface area contributed by atoms with Gasteiger partial charge in [0.2, 0.25) is 0 Å². The second-order valence-electron chi connectivity index (χ2n) is 5.00. The Kier molecular flexibility index (Phi) is 4.79. The Balaban J connectivity index is 2.09. The quantitative estimate of drug-likeness (QED) is 0.780. The molecule has 0 saturated carbocycles. The zero-order valence-corrected chi connectivity index (χ0v) is 13.0. The van der Waals surface area contributed by atoms with Gasteiger partial charge in [0.05, 0.1) is 10.0 Å². The van der Waals surface area contributed by atoms with Crippen LogP contribution in [0, 0.1) is 0 Å². The standard InChI is InChI=1S/C16H17Cl2NO/c1-10(2)12-5-3-11(4-6-12)9-20-16-14(17)7-13(19)8-15(16)18/h3-8,10H,9,19H2,1-2H3. The van der Waals surface area contributed by atoms with E-state index < -0.39 is 0 Å². The summed E-state index contributed by atoms with van der Waals surface area (Å²) in [6.45, 7) is 4.75. The first-order chi connectivity index (χ1) is 9.47. The molecule has 0 atom stereocenters. The fourth-order valence-corrected chi connectivity index (χ4v) is 2.48. The van der Waals surface area contributed by atoms with E-state index in [-0.39, 0.29) is 0 Å². The summed E-state index contributed by atoms with van der Waals surface area (Å²) < 4.78 is 5.69. The van der Waals surface area contributed by atoms with Gasteiger partial charge in [-0.2, -0.15) is 0 Å². The molecule has 4 heteroatoms. The van der Waals surface area contributed by atoms with Gasteiger partial charge in [-0.05, 0) is 29.2 Å². The number of nitrogen functional groups attached to an aromatic ring is 1. The van der Waals surface area contributed by atoms with Crippen molar-refractivity contribution >= 4 is 28.9 Å². The number of nitrogens with two attached hydrogens (primary N) is 1. The first-order valence-electron chi connectivity index (χ1n) is 6.43. The molecular weight excluding hydrogens is 293 g/mol. The van der Waals surface area contributed by atoms with E-state index in [0.717, 1.165) is 5.56 Å². The molecule has 0 spiro atoms. The summed E-state index contributed by atoms with van der Waals surface area (Å²) in [5.41, 5.74) is 8.55. The number of halogens is 2. The van der Waals surface area contributed by atoms with E-state index in [1.54, 1.807) is 12.1 Å². The first-order valence-corrected chi connectivity index (χ1v) is 7.19. The zero-order chi connectivity index (χ0) is 14.7. The van der Waals surface area contributed by atoms with Crippen LogP contribution in [0.2, 0.25) is 10.0 Å². The third-order valence-electron chi connectivity index (χ3n) is 3.05. The van der Waals surface area contributed by atoms with Crippen LogP contribution in [0.3, 0.4) is 0 Å². The first kappa shape index (κ1) is 15.0. The summed E-state index contributed by atoms with van der Waals surface area (Å²) in [5.74, 6) is 0.987. The molecule has 0 aromatic heterocycles. The molecule has 2 aromatic rings. The van der Waals surface area contributed by atoms with E-state index in [9.17, 15) is 0 Å². The highest BCUT2D eigenvalue weighted by Crippen LogP contribution is 2.35. The maximum atomic E-state index is 6.08. The Morgan fingerprint density at radius 3 is 2.10 bits per heavy atom. The minimum atomic E-state index is 0.418. The summed E-state index contributed by atoms with van der Waals surface area (Å²) >= 11 is 12.2. The maximum Gasteiger partial charge on any atom is 0.157 e. The predicted molar refractivity (Wildman–Crippen MR) is 85.7 cm³/mol. The molecule has 0 aliphatic heterocycles. The largest absolute Gasteiger partial charge is 0.486 e. The van der Waals surface area contributed by atoms with Crippen LogP contribution in [0.5, 0.6) is 5.75 Å². The predicted octanol–water partition coefficient (Wildman–Crippen LogP) is 5.28. The van der Waals surface area contributed by atoms with Gasteiger partial charge in [-0.3, -0.25) is 0 Å². The molecule has 0 unspecified atom stereocenters. The van der Waals surface area contributed by atoms with Crippen molar-refractivity contribution in [3.05, 3.63) is 57.6 Å². The number of hydrogen-bond acceptors (Lipinski definition) is 2. The lowest BCUT2D eigenvalue weighted by Gasteiger charge is -2.11. The van der Waals surface area contributed by atoms with E-state index >= 15 is 0 Å². The Morgan fingerprint density at radius 1 is 1.05 bits per heavy atom. The van der Waals surface area contributed by atoms with E-state index in [1.165, 1.54) is 5.56 Å². The van der Waals surface area contributed by atoms with E-state index in [2.05, 4.69) is 38.1 Å². The van der Waals surface area contributed by atoms with Crippen LogP contribution in [0.15, 0.2) is 36.4 Å². The Bertz CT molecular complexity index is 571. The average molecular weight is 310 g/mol. The molecule has 0 fully saturated rings. The van der Waals surface area contributed by atoms with Crippen LogP contribution in [-0.4, -0.2) is 0 Å². The van der Waals surface area contributed by atoms with Gasteiger partial charge in [-0.1, -0.05) is 61.3 Å². The molecule has 2 nitrogen and oxygen atoms in total. The summed E-state index contributed by atoms with van der Waals surface area (Å²) in [6, 6.07) is 11.6. The van der Waals surface area contributed by atoms with Gasteiger partial charge in [0.15, 0.2) is 5.75 Å². The molecule has 0 saturated heterocycles. The molecule has 2 rings (SSSR count). The van der Waals surface area contributed by atoms with Gasteiger partial charge < -0.3 is 10.5 Å². The molecule has 0 amide bonds. The average Bonchev–Trinajstić information content (AvgIpc) is 2.38. The van der Waals surface area contributed by atoms with Crippen molar-refractivity contribution < 1.29 is 4.74 Å². The third kappa shape index (κ3) is 3.59. The molecule has 0 radical (unpaired) electrons. The van der Waals surface area contributed by atoms with Crippen molar-refractivity contribution in [2.45, 2.75) is 26.4 Å². The van der Waals surface area contributed by atoms with Crippen LogP contribution in [0.25, 0.3) is 0 Å². The zero-order valence-electron chi connectivity index (χ0n) is 11.5. The molecule has 20 heavy (non-hydrogen) atoms. The molecule has 0 aliphatic carbocycles. The number of hydrogen-bond donors (Lipinski definition) is 1. The highest BCUT2D eigenvalue weighted by molar-refractivity contribution is 6.37. The Hall–Kier alpha value is -1.38. The van der Waals surface area contributed by atoms with Crippen LogP contribution in [0.1, 0.15) is 30.9 Å². The molecule has 106 valence electrons. The van der Waals surface area contributed by atoms with Gasteiger partial charge in [0.1, 0.15) is 6.61 Å². The maximum absolute atomic E-state index is 6.08. The van der Waals surface area contributed by atoms with E-state index in [0.29, 0.717) is 34.0 Å². The summed E-state index contributed by atoms with van der Waals surface area (Å²) in [5, 5.41) is 0.850. The summed E-state index contributed by atoms with van der Waals surface area (Å²) in [6.07, 6.45) is 0. The lowest BCUT2D eigenvalue weighted by molar-refractivity contribution is 0.306. The topological polar surface area (TPSA) is 35.2 Å². The van der Waals surface area contributed by atoms with Crippen molar-refractivity contribution in [3.8, 4) is 5.75 Å². The molecular formula is C16H17Cl2NO. The van der Waals surface area contributed by atoms with Gasteiger partial charge in [-0.25, -0.2) is 0 Å². The minimum absolute atomic E-state index is 0.418.